The summed E-state index contributed by atoms with van der Waals surface area (Å²) in [6.07, 6.45) is 4.00. The number of rotatable bonds is 4. The van der Waals surface area contributed by atoms with Gasteiger partial charge in [0.2, 0.25) is 5.91 Å². The van der Waals surface area contributed by atoms with Gasteiger partial charge in [-0.25, -0.2) is 0 Å². The van der Waals surface area contributed by atoms with Crippen LogP contribution in [0.4, 0.5) is 0 Å². The number of hydrogen-bond donors (Lipinski definition) is 2. The van der Waals surface area contributed by atoms with Crippen molar-refractivity contribution in [1.82, 2.24) is 10.6 Å². The first-order valence-corrected chi connectivity index (χ1v) is 9.42. The Morgan fingerprint density at radius 2 is 1.73 bits per heavy atom. The van der Waals surface area contributed by atoms with Gasteiger partial charge in [-0.15, -0.1) is 12.4 Å². The van der Waals surface area contributed by atoms with Gasteiger partial charge in [-0.1, -0.05) is 54.6 Å². The van der Waals surface area contributed by atoms with Crippen LogP contribution in [0, 0.1) is 0 Å². The summed E-state index contributed by atoms with van der Waals surface area (Å²) >= 11 is 0. The smallest absolute Gasteiger partial charge is 0.230 e. The minimum atomic E-state index is -0.384. The lowest BCUT2D eigenvalue weighted by Gasteiger charge is -2.37. The van der Waals surface area contributed by atoms with E-state index in [9.17, 15) is 4.79 Å². The number of fused-ring (bicyclic) bond motifs is 1. The second-order valence-corrected chi connectivity index (χ2v) is 7.34. The molecule has 2 aliphatic rings. The molecule has 26 heavy (non-hydrogen) atoms. The van der Waals surface area contributed by atoms with Crippen molar-refractivity contribution < 1.29 is 4.79 Å². The number of nitrogens with one attached hydrogen (secondary N) is 2. The van der Waals surface area contributed by atoms with E-state index in [0.717, 1.165) is 50.9 Å². The van der Waals surface area contributed by atoms with Crippen LogP contribution in [0.3, 0.4) is 0 Å². The zero-order chi connectivity index (χ0) is 17.1. The van der Waals surface area contributed by atoms with Gasteiger partial charge in [0.1, 0.15) is 0 Å². The van der Waals surface area contributed by atoms with Gasteiger partial charge >= 0.3 is 0 Å². The normalized spacial score (nSPS) is 20.7. The number of piperidine rings is 1. The number of benzene rings is 2. The van der Waals surface area contributed by atoms with E-state index >= 15 is 0 Å². The molecule has 1 aliphatic carbocycles. The summed E-state index contributed by atoms with van der Waals surface area (Å²) in [7, 11) is 0. The van der Waals surface area contributed by atoms with Crippen molar-refractivity contribution in [3.63, 3.8) is 0 Å². The Morgan fingerprint density at radius 1 is 1.04 bits per heavy atom. The van der Waals surface area contributed by atoms with E-state index in [-0.39, 0.29) is 23.7 Å². The van der Waals surface area contributed by atoms with Crippen LogP contribution in [0.25, 0.3) is 0 Å². The number of aryl methyl sites for hydroxylation is 1. The Bertz CT molecular complexity index is 741. The highest BCUT2D eigenvalue weighted by Gasteiger charge is 2.41. The maximum Gasteiger partial charge on any atom is 0.230 e. The van der Waals surface area contributed by atoms with Crippen molar-refractivity contribution in [1.29, 1.82) is 0 Å². The van der Waals surface area contributed by atoms with Crippen molar-refractivity contribution in [3.05, 3.63) is 71.3 Å². The van der Waals surface area contributed by atoms with Gasteiger partial charge in [-0.05, 0) is 55.5 Å². The van der Waals surface area contributed by atoms with Crippen LogP contribution >= 0.6 is 12.4 Å². The minimum Gasteiger partial charge on any atom is -0.355 e. The number of halogens is 1. The summed E-state index contributed by atoms with van der Waals surface area (Å²) in [6, 6.07) is 19.0. The zero-order valence-corrected chi connectivity index (χ0v) is 15.9. The maximum atomic E-state index is 13.3. The molecule has 3 nitrogen and oxygen atoms in total. The van der Waals surface area contributed by atoms with Crippen LogP contribution in [-0.4, -0.2) is 25.5 Å². The van der Waals surface area contributed by atoms with Crippen molar-refractivity contribution >= 4 is 18.3 Å². The molecule has 1 amide bonds. The fourth-order valence-corrected chi connectivity index (χ4v) is 4.50. The Kier molecular flexibility index (Phi) is 6.00. The fraction of sp³-hybridized carbons (Fsp3) is 0.409. The van der Waals surface area contributed by atoms with E-state index in [1.165, 1.54) is 11.1 Å². The monoisotopic (exact) mass is 370 g/mol. The number of carbonyl (C=O) groups is 1. The molecule has 4 heteroatoms. The lowest BCUT2D eigenvalue weighted by atomic mass is 9.72. The van der Waals surface area contributed by atoms with Crippen LogP contribution in [0.2, 0.25) is 0 Å². The molecule has 1 atom stereocenters. The molecule has 0 saturated carbocycles. The Balaban J connectivity index is 0.00000196. The molecule has 1 saturated heterocycles. The molecule has 1 aliphatic heterocycles. The summed E-state index contributed by atoms with van der Waals surface area (Å²) in [5.74, 6) is 0.652. The van der Waals surface area contributed by atoms with E-state index in [1.54, 1.807) is 0 Å². The van der Waals surface area contributed by atoms with Crippen LogP contribution in [0.15, 0.2) is 54.6 Å². The van der Waals surface area contributed by atoms with Crippen molar-refractivity contribution in [3.8, 4) is 0 Å². The third-order valence-electron chi connectivity index (χ3n) is 5.98. The molecule has 1 unspecified atom stereocenters. The molecule has 0 aromatic heterocycles. The molecular weight excluding hydrogens is 344 g/mol. The molecule has 2 aromatic rings. The Hall–Kier alpha value is -1.84. The van der Waals surface area contributed by atoms with Crippen LogP contribution in [0.1, 0.15) is 41.9 Å². The van der Waals surface area contributed by atoms with Crippen molar-refractivity contribution in [2.45, 2.75) is 37.0 Å². The van der Waals surface area contributed by atoms with Gasteiger partial charge in [0.25, 0.3) is 0 Å². The molecule has 1 fully saturated rings. The predicted octanol–water partition coefficient (Wildman–Crippen LogP) is 3.58. The topological polar surface area (TPSA) is 41.1 Å². The highest BCUT2D eigenvalue weighted by atomic mass is 35.5. The summed E-state index contributed by atoms with van der Waals surface area (Å²) in [6.45, 7) is 2.54. The average molecular weight is 371 g/mol. The van der Waals surface area contributed by atoms with Crippen LogP contribution in [0.5, 0.6) is 0 Å². The highest BCUT2D eigenvalue weighted by molar-refractivity contribution is 5.88. The number of hydrogen-bond acceptors (Lipinski definition) is 2. The lowest BCUT2D eigenvalue weighted by Crippen LogP contribution is -2.51. The quantitative estimate of drug-likeness (QED) is 0.863. The molecule has 138 valence electrons. The first-order chi connectivity index (χ1) is 12.3. The van der Waals surface area contributed by atoms with E-state index in [0.29, 0.717) is 5.92 Å². The van der Waals surface area contributed by atoms with Gasteiger partial charge in [0.05, 0.1) is 5.41 Å². The molecule has 2 N–H and O–H groups in total. The molecule has 0 radical (unpaired) electrons. The molecule has 2 aromatic carbocycles. The van der Waals surface area contributed by atoms with Crippen molar-refractivity contribution in [2.24, 2.45) is 0 Å². The second kappa shape index (κ2) is 8.24. The fourth-order valence-electron chi connectivity index (χ4n) is 4.50. The van der Waals surface area contributed by atoms with Gasteiger partial charge < -0.3 is 10.6 Å². The van der Waals surface area contributed by atoms with E-state index < -0.39 is 0 Å². The first kappa shape index (κ1) is 18.9. The maximum absolute atomic E-state index is 13.3. The summed E-state index contributed by atoms with van der Waals surface area (Å²) < 4.78 is 0. The number of amides is 1. The van der Waals surface area contributed by atoms with Gasteiger partial charge in [-0.2, -0.15) is 0 Å². The first-order valence-electron chi connectivity index (χ1n) is 9.42. The molecular formula is C22H27ClN2O. The standard InChI is InChI=1S/C22H26N2O.ClH/c25-21(24-16-18-11-10-17-6-4-5-9-20(17)18)22(12-14-23-15-13-22)19-7-2-1-3-8-19;/h1-9,18,23H,10-16H2,(H,24,25);1H. The SMILES string of the molecule is Cl.O=C(NCC1CCc2ccccc21)C1(c2ccccc2)CCNCC1. The largest absolute Gasteiger partial charge is 0.355 e. The third kappa shape index (κ3) is 3.51. The molecule has 4 rings (SSSR count). The van der Waals surface area contributed by atoms with Gasteiger partial charge in [-0.3, -0.25) is 4.79 Å². The van der Waals surface area contributed by atoms with E-state index in [2.05, 4.69) is 47.0 Å². The average Bonchev–Trinajstić information content (AvgIpc) is 3.10. The second-order valence-electron chi connectivity index (χ2n) is 7.34. The summed E-state index contributed by atoms with van der Waals surface area (Å²) in [4.78, 5) is 13.3. The number of carbonyl (C=O) groups excluding carboxylic acids is 1. The van der Waals surface area contributed by atoms with Gasteiger partial charge in [0.15, 0.2) is 0 Å². The van der Waals surface area contributed by atoms with E-state index in [4.69, 9.17) is 0 Å². The molecule has 0 spiro atoms. The van der Waals surface area contributed by atoms with Crippen molar-refractivity contribution in [2.75, 3.05) is 19.6 Å². The zero-order valence-electron chi connectivity index (χ0n) is 15.0. The third-order valence-corrected chi connectivity index (χ3v) is 5.98. The summed E-state index contributed by atoms with van der Waals surface area (Å²) in [5.41, 5.74) is 3.63. The van der Waals surface area contributed by atoms with Gasteiger partial charge in [0, 0.05) is 12.5 Å². The van der Waals surface area contributed by atoms with Crippen LogP contribution < -0.4 is 10.6 Å². The Labute approximate surface area is 162 Å². The lowest BCUT2D eigenvalue weighted by molar-refractivity contribution is -0.127. The summed E-state index contributed by atoms with van der Waals surface area (Å²) in [5, 5.41) is 6.70. The van der Waals surface area contributed by atoms with Crippen LogP contribution in [-0.2, 0) is 16.6 Å². The van der Waals surface area contributed by atoms with E-state index in [1.807, 2.05) is 18.2 Å². The highest BCUT2D eigenvalue weighted by Crippen LogP contribution is 2.35. The predicted molar refractivity (Wildman–Crippen MR) is 108 cm³/mol. The Morgan fingerprint density at radius 3 is 2.50 bits per heavy atom. The minimum absolute atomic E-state index is 0. The molecule has 0 bridgehead atoms. The molecule has 1 heterocycles.